The second-order valence-electron chi connectivity index (χ2n) is 5.72. The molecule has 1 aromatic carbocycles. The third-order valence-electron chi connectivity index (χ3n) is 4.11. The van der Waals surface area contributed by atoms with Crippen molar-refractivity contribution in [2.24, 2.45) is 0 Å². The Morgan fingerprint density at radius 1 is 1.43 bits per heavy atom. The molecule has 124 valence electrons. The molecule has 1 fully saturated rings. The standard InChI is InChI=1S/C15H18N2O5S/c1-10(12-6-4-8-22-12)16-14(18)9-17-15(19)11-5-2-3-7-13(11)23(17,20)21/h2-3,5,7,10,12H,4,6,8-9H2,1H3,(H,16,18)/t10-,12+/m0/s1. The Labute approximate surface area is 134 Å². The second-order valence-corrected chi connectivity index (χ2v) is 7.55. The highest BCUT2D eigenvalue weighted by molar-refractivity contribution is 7.90. The normalized spacial score (nSPS) is 23.6. The van der Waals surface area contributed by atoms with Crippen LogP contribution in [0.2, 0.25) is 0 Å². The molecule has 0 saturated carbocycles. The summed E-state index contributed by atoms with van der Waals surface area (Å²) >= 11 is 0. The maximum atomic E-state index is 12.4. The Balaban J connectivity index is 1.71. The minimum atomic E-state index is -3.95. The van der Waals surface area contributed by atoms with Crippen molar-refractivity contribution in [3.05, 3.63) is 29.8 Å². The predicted molar refractivity (Wildman–Crippen MR) is 81.2 cm³/mol. The van der Waals surface area contributed by atoms with Gasteiger partial charge in [-0.1, -0.05) is 12.1 Å². The topological polar surface area (TPSA) is 92.8 Å². The van der Waals surface area contributed by atoms with Gasteiger partial charge in [0.25, 0.3) is 15.9 Å². The summed E-state index contributed by atoms with van der Waals surface area (Å²) in [6.45, 7) is 1.95. The maximum absolute atomic E-state index is 12.4. The molecule has 0 radical (unpaired) electrons. The van der Waals surface area contributed by atoms with Crippen molar-refractivity contribution < 1.29 is 22.7 Å². The number of hydrogen-bond donors (Lipinski definition) is 1. The molecule has 1 N–H and O–H groups in total. The summed E-state index contributed by atoms with van der Waals surface area (Å²) in [4.78, 5) is 24.3. The Bertz CT molecular complexity index is 740. The number of fused-ring (bicyclic) bond motifs is 1. The van der Waals surface area contributed by atoms with Crippen LogP contribution in [0.3, 0.4) is 0 Å². The van der Waals surface area contributed by atoms with Crippen molar-refractivity contribution >= 4 is 21.8 Å². The van der Waals surface area contributed by atoms with Crippen molar-refractivity contribution in [1.29, 1.82) is 0 Å². The average molecular weight is 338 g/mol. The fourth-order valence-corrected chi connectivity index (χ4v) is 4.43. The van der Waals surface area contributed by atoms with E-state index >= 15 is 0 Å². The molecule has 0 aliphatic carbocycles. The Hall–Kier alpha value is -1.93. The largest absolute Gasteiger partial charge is 0.376 e. The van der Waals surface area contributed by atoms with Crippen LogP contribution in [0.5, 0.6) is 0 Å². The van der Waals surface area contributed by atoms with E-state index in [2.05, 4.69) is 5.32 Å². The molecular weight excluding hydrogens is 320 g/mol. The Morgan fingerprint density at radius 3 is 2.83 bits per heavy atom. The van der Waals surface area contributed by atoms with E-state index in [1.54, 1.807) is 12.1 Å². The van der Waals surface area contributed by atoms with E-state index in [1.807, 2.05) is 6.92 Å². The highest BCUT2D eigenvalue weighted by Gasteiger charge is 2.42. The van der Waals surface area contributed by atoms with Gasteiger partial charge >= 0.3 is 0 Å². The van der Waals surface area contributed by atoms with E-state index < -0.39 is 28.4 Å². The lowest BCUT2D eigenvalue weighted by Gasteiger charge is -2.21. The van der Waals surface area contributed by atoms with Crippen LogP contribution in [-0.4, -0.2) is 49.8 Å². The van der Waals surface area contributed by atoms with Crippen molar-refractivity contribution in [3.8, 4) is 0 Å². The highest BCUT2D eigenvalue weighted by atomic mass is 32.2. The van der Waals surface area contributed by atoms with Crippen molar-refractivity contribution in [1.82, 2.24) is 9.62 Å². The molecule has 1 aromatic rings. The summed E-state index contributed by atoms with van der Waals surface area (Å²) < 4.78 is 30.9. The first-order chi connectivity index (χ1) is 10.9. The zero-order chi connectivity index (χ0) is 16.6. The van der Waals surface area contributed by atoms with Gasteiger partial charge in [0.15, 0.2) is 0 Å². The number of nitrogens with zero attached hydrogens (tertiary/aromatic N) is 1. The molecule has 3 rings (SSSR count). The van der Waals surface area contributed by atoms with E-state index in [0.29, 0.717) is 10.9 Å². The molecule has 0 unspecified atom stereocenters. The summed E-state index contributed by atoms with van der Waals surface area (Å²) in [7, 11) is -3.95. The lowest BCUT2D eigenvalue weighted by molar-refractivity contribution is -0.122. The van der Waals surface area contributed by atoms with Gasteiger partial charge in [-0.25, -0.2) is 12.7 Å². The number of ether oxygens (including phenoxy) is 1. The summed E-state index contributed by atoms with van der Waals surface area (Å²) in [5.41, 5.74) is 0.104. The summed E-state index contributed by atoms with van der Waals surface area (Å²) in [6.07, 6.45) is 1.73. The molecule has 0 bridgehead atoms. The number of amides is 2. The van der Waals surface area contributed by atoms with Crippen LogP contribution in [-0.2, 0) is 19.6 Å². The van der Waals surface area contributed by atoms with Gasteiger partial charge in [-0.15, -0.1) is 0 Å². The van der Waals surface area contributed by atoms with Crippen LogP contribution in [0.15, 0.2) is 29.2 Å². The van der Waals surface area contributed by atoms with E-state index in [9.17, 15) is 18.0 Å². The molecule has 0 aromatic heterocycles. The van der Waals surface area contributed by atoms with E-state index in [4.69, 9.17) is 4.74 Å². The van der Waals surface area contributed by atoms with Gasteiger partial charge in [0.2, 0.25) is 5.91 Å². The van der Waals surface area contributed by atoms with Crippen molar-refractivity contribution in [2.45, 2.75) is 36.8 Å². The fraction of sp³-hybridized carbons (Fsp3) is 0.467. The molecule has 2 aliphatic heterocycles. The van der Waals surface area contributed by atoms with Crippen LogP contribution in [0, 0.1) is 0 Å². The summed E-state index contributed by atoms with van der Waals surface area (Å²) in [5, 5.41) is 2.71. The van der Waals surface area contributed by atoms with Crippen LogP contribution < -0.4 is 5.32 Å². The molecule has 2 amide bonds. The fourth-order valence-electron chi connectivity index (χ4n) is 2.91. The third-order valence-corrected chi connectivity index (χ3v) is 5.90. The van der Waals surface area contributed by atoms with Gasteiger partial charge in [-0.3, -0.25) is 9.59 Å². The van der Waals surface area contributed by atoms with Crippen LogP contribution >= 0.6 is 0 Å². The first kappa shape index (κ1) is 15.9. The average Bonchev–Trinajstić information content (AvgIpc) is 3.11. The van der Waals surface area contributed by atoms with Crippen LogP contribution in [0.4, 0.5) is 0 Å². The third kappa shape index (κ3) is 2.84. The molecule has 8 heteroatoms. The van der Waals surface area contributed by atoms with E-state index in [1.165, 1.54) is 12.1 Å². The lowest BCUT2D eigenvalue weighted by atomic mass is 10.1. The molecule has 2 atom stereocenters. The van der Waals surface area contributed by atoms with Crippen LogP contribution in [0.1, 0.15) is 30.1 Å². The van der Waals surface area contributed by atoms with Gasteiger partial charge < -0.3 is 10.1 Å². The summed E-state index contributed by atoms with van der Waals surface area (Å²) in [5.74, 6) is -1.18. The number of sulfonamides is 1. The van der Waals surface area contributed by atoms with Gasteiger partial charge in [-0.05, 0) is 31.9 Å². The molecule has 2 aliphatic rings. The zero-order valence-electron chi connectivity index (χ0n) is 12.7. The molecule has 0 spiro atoms. The number of hydrogen-bond acceptors (Lipinski definition) is 5. The van der Waals surface area contributed by atoms with E-state index in [-0.39, 0.29) is 22.6 Å². The SMILES string of the molecule is C[C@H](NC(=O)CN1C(=O)c2ccccc2S1(=O)=O)[C@H]1CCCO1. The summed E-state index contributed by atoms with van der Waals surface area (Å²) in [6, 6.07) is 5.73. The molecular formula is C15H18N2O5S. The van der Waals surface area contributed by atoms with Gasteiger partial charge in [0.05, 0.1) is 17.7 Å². The van der Waals surface area contributed by atoms with Crippen LogP contribution in [0.25, 0.3) is 0 Å². The minimum Gasteiger partial charge on any atom is -0.376 e. The Morgan fingerprint density at radius 2 is 2.17 bits per heavy atom. The van der Waals surface area contributed by atoms with Crippen molar-refractivity contribution in [2.75, 3.05) is 13.2 Å². The number of rotatable bonds is 4. The maximum Gasteiger partial charge on any atom is 0.269 e. The highest BCUT2D eigenvalue weighted by Crippen LogP contribution is 2.29. The molecule has 1 saturated heterocycles. The predicted octanol–water partition coefficient (Wildman–Crippen LogP) is 0.515. The minimum absolute atomic E-state index is 0.0509. The van der Waals surface area contributed by atoms with Gasteiger partial charge in [0.1, 0.15) is 11.4 Å². The van der Waals surface area contributed by atoms with E-state index in [0.717, 1.165) is 12.8 Å². The molecule has 2 heterocycles. The first-order valence-corrected chi connectivity index (χ1v) is 8.92. The number of carbonyl (C=O) groups excluding carboxylic acids is 2. The quantitative estimate of drug-likeness (QED) is 0.864. The van der Waals surface area contributed by atoms with Crippen molar-refractivity contribution in [3.63, 3.8) is 0 Å². The monoisotopic (exact) mass is 338 g/mol. The first-order valence-electron chi connectivity index (χ1n) is 7.48. The smallest absolute Gasteiger partial charge is 0.269 e. The Kier molecular flexibility index (Phi) is 4.11. The zero-order valence-corrected chi connectivity index (χ0v) is 13.5. The second kappa shape index (κ2) is 5.93. The number of carbonyl (C=O) groups is 2. The lowest BCUT2D eigenvalue weighted by Crippen LogP contribution is -2.46. The van der Waals surface area contributed by atoms with Gasteiger partial charge in [0, 0.05) is 6.61 Å². The molecule has 23 heavy (non-hydrogen) atoms. The molecule has 7 nitrogen and oxygen atoms in total. The number of nitrogens with one attached hydrogen (secondary N) is 1. The number of benzene rings is 1. The van der Waals surface area contributed by atoms with Gasteiger partial charge in [-0.2, -0.15) is 0 Å².